The summed E-state index contributed by atoms with van der Waals surface area (Å²) in [5, 5.41) is 9.52. The highest BCUT2D eigenvalue weighted by Crippen LogP contribution is 2.19. The molecule has 0 radical (unpaired) electrons. The average molecular weight is 223 g/mol. The first kappa shape index (κ1) is 12.5. The minimum absolute atomic E-state index is 0.245. The number of nitrogen functional groups attached to an aromatic ring is 1. The maximum Gasteiger partial charge on any atom is 0.335 e. The number of anilines is 1. The number of methoxy groups -OCH3 is 1. The van der Waals surface area contributed by atoms with Gasteiger partial charge in [0.05, 0.1) is 7.11 Å². The van der Waals surface area contributed by atoms with Gasteiger partial charge in [-0.25, -0.2) is 4.79 Å². The summed E-state index contributed by atoms with van der Waals surface area (Å²) in [6, 6.07) is 3.74. The van der Waals surface area contributed by atoms with E-state index in [-0.39, 0.29) is 6.42 Å². The molecular weight excluding hydrogens is 206 g/mol. The van der Waals surface area contributed by atoms with E-state index in [9.17, 15) is 9.90 Å². The Balaban J connectivity index is 2.86. The van der Waals surface area contributed by atoms with Crippen LogP contribution in [0.5, 0.6) is 0 Å². The van der Waals surface area contributed by atoms with Crippen LogP contribution in [0.25, 0.3) is 0 Å². The van der Waals surface area contributed by atoms with Crippen molar-refractivity contribution in [3.63, 3.8) is 0 Å². The van der Waals surface area contributed by atoms with Gasteiger partial charge >= 0.3 is 5.97 Å². The monoisotopic (exact) mass is 223 g/mol. The fourth-order valence-corrected chi connectivity index (χ4v) is 1.62. The maximum absolute atomic E-state index is 11.1. The lowest BCUT2D eigenvalue weighted by atomic mass is 10.0. The van der Waals surface area contributed by atoms with Gasteiger partial charge in [0.15, 0.2) is 6.10 Å². The lowest BCUT2D eigenvalue weighted by Gasteiger charge is -2.11. The number of esters is 1. The molecule has 4 heteroatoms. The van der Waals surface area contributed by atoms with Gasteiger partial charge in [0.1, 0.15) is 0 Å². The molecule has 1 atom stereocenters. The van der Waals surface area contributed by atoms with Crippen LogP contribution < -0.4 is 5.73 Å². The highest BCUT2D eigenvalue weighted by Gasteiger charge is 2.16. The molecule has 1 aromatic rings. The van der Waals surface area contributed by atoms with Gasteiger partial charge in [0.2, 0.25) is 0 Å². The third-order valence-electron chi connectivity index (χ3n) is 2.56. The van der Waals surface area contributed by atoms with Crippen molar-refractivity contribution in [1.29, 1.82) is 0 Å². The van der Waals surface area contributed by atoms with Crippen molar-refractivity contribution in [1.82, 2.24) is 0 Å². The van der Waals surface area contributed by atoms with Crippen molar-refractivity contribution >= 4 is 11.7 Å². The van der Waals surface area contributed by atoms with Gasteiger partial charge in [-0.3, -0.25) is 0 Å². The Labute approximate surface area is 95.0 Å². The number of carbonyl (C=O) groups is 1. The highest BCUT2D eigenvalue weighted by atomic mass is 16.5. The number of hydrogen-bond acceptors (Lipinski definition) is 4. The molecule has 1 rings (SSSR count). The minimum atomic E-state index is -1.12. The topological polar surface area (TPSA) is 72.5 Å². The largest absolute Gasteiger partial charge is 0.467 e. The van der Waals surface area contributed by atoms with Gasteiger partial charge in [-0.2, -0.15) is 0 Å². The lowest BCUT2D eigenvalue weighted by molar-refractivity contribution is -0.150. The van der Waals surface area contributed by atoms with Gasteiger partial charge in [0, 0.05) is 12.1 Å². The molecule has 4 nitrogen and oxygen atoms in total. The number of aliphatic hydroxyl groups is 1. The Hall–Kier alpha value is -1.55. The predicted molar refractivity (Wildman–Crippen MR) is 62.1 cm³/mol. The summed E-state index contributed by atoms with van der Waals surface area (Å²) in [7, 11) is 1.25. The molecule has 0 aliphatic heterocycles. The molecule has 88 valence electrons. The van der Waals surface area contributed by atoms with Crippen LogP contribution in [0.15, 0.2) is 12.1 Å². The van der Waals surface area contributed by atoms with E-state index in [0.717, 1.165) is 22.4 Å². The molecule has 0 heterocycles. The van der Waals surface area contributed by atoms with E-state index in [4.69, 9.17) is 5.73 Å². The van der Waals surface area contributed by atoms with Crippen molar-refractivity contribution in [2.75, 3.05) is 12.8 Å². The zero-order chi connectivity index (χ0) is 12.3. The molecule has 0 spiro atoms. The van der Waals surface area contributed by atoms with Crippen LogP contribution in [-0.2, 0) is 16.0 Å². The molecule has 0 bridgehead atoms. The van der Waals surface area contributed by atoms with Crippen molar-refractivity contribution in [2.24, 2.45) is 0 Å². The van der Waals surface area contributed by atoms with E-state index in [1.165, 1.54) is 7.11 Å². The van der Waals surface area contributed by atoms with Crippen LogP contribution in [0.3, 0.4) is 0 Å². The van der Waals surface area contributed by atoms with Gasteiger partial charge < -0.3 is 15.6 Å². The summed E-state index contributed by atoms with van der Waals surface area (Å²) in [5.74, 6) is -0.618. The summed E-state index contributed by atoms with van der Waals surface area (Å²) in [5.41, 5.74) is 9.34. The van der Waals surface area contributed by atoms with Gasteiger partial charge in [0.25, 0.3) is 0 Å². The first-order chi connectivity index (χ1) is 7.45. The normalized spacial score (nSPS) is 12.2. The molecule has 0 aliphatic carbocycles. The van der Waals surface area contributed by atoms with E-state index >= 15 is 0 Å². The third kappa shape index (κ3) is 2.73. The Morgan fingerprint density at radius 3 is 2.38 bits per heavy atom. The molecule has 0 saturated carbocycles. The number of nitrogens with two attached hydrogens (primary N) is 1. The highest BCUT2D eigenvalue weighted by molar-refractivity contribution is 5.74. The fraction of sp³-hybridized carbons (Fsp3) is 0.417. The fourth-order valence-electron chi connectivity index (χ4n) is 1.62. The molecule has 0 fully saturated rings. The van der Waals surface area contributed by atoms with Crippen LogP contribution >= 0.6 is 0 Å². The maximum atomic E-state index is 11.1. The van der Waals surface area contributed by atoms with E-state index in [0.29, 0.717) is 0 Å². The molecule has 0 saturated heterocycles. The third-order valence-corrected chi connectivity index (χ3v) is 2.56. The molecule has 0 amide bonds. The Bertz CT molecular complexity index is 378. The SMILES string of the molecule is COC(=O)[C@H](O)Cc1cc(C)c(N)c(C)c1. The van der Waals surface area contributed by atoms with E-state index < -0.39 is 12.1 Å². The van der Waals surface area contributed by atoms with Crippen molar-refractivity contribution in [3.8, 4) is 0 Å². The number of hydrogen-bond donors (Lipinski definition) is 2. The van der Waals surface area contributed by atoms with E-state index in [2.05, 4.69) is 4.74 Å². The molecule has 16 heavy (non-hydrogen) atoms. The summed E-state index contributed by atoms with van der Waals surface area (Å²) < 4.78 is 4.45. The van der Waals surface area contributed by atoms with Crippen LogP contribution in [0.2, 0.25) is 0 Å². The molecule has 0 unspecified atom stereocenters. The number of ether oxygens (including phenoxy) is 1. The zero-order valence-electron chi connectivity index (χ0n) is 9.78. The number of carbonyl (C=O) groups excluding carboxylic acids is 1. The second kappa shape index (κ2) is 4.99. The molecule has 3 N–H and O–H groups in total. The zero-order valence-corrected chi connectivity index (χ0v) is 9.78. The van der Waals surface area contributed by atoms with Crippen LogP contribution in [0.1, 0.15) is 16.7 Å². The van der Waals surface area contributed by atoms with Gasteiger partial charge in [-0.05, 0) is 30.5 Å². The minimum Gasteiger partial charge on any atom is -0.467 e. The Morgan fingerprint density at radius 1 is 1.44 bits per heavy atom. The first-order valence-electron chi connectivity index (χ1n) is 5.07. The second-order valence-electron chi connectivity index (χ2n) is 3.89. The van der Waals surface area contributed by atoms with Crippen LogP contribution in [0.4, 0.5) is 5.69 Å². The number of benzene rings is 1. The van der Waals surface area contributed by atoms with Gasteiger partial charge in [-0.1, -0.05) is 12.1 Å². The smallest absolute Gasteiger partial charge is 0.335 e. The standard InChI is InChI=1S/C12H17NO3/c1-7-4-9(5-8(2)11(7)13)6-10(14)12(15)16-3/h4-5,10,14H,6,13H2,1-3H3/t10-/m1/s1. The summed E-state index contributed by atoms with van der Waals surface area (Å²) >= 11 is 0. The van der Waals surface area contributed by atoms with Gasteiger partial charge in [-0.15, -0.1) is 0 Å². The summed E-state index contributed by atoms with van der Waals surface area (Å²) in [6.45, 7) is 3.80. The average Bonchev–Trinajstić information content (AvgIpc) is 2.24. The first-order valence-corrected chi connectivity index (χ1v) is 5.07. The van der Waals surface area contributed by atoms with Crippen LogP contribution in [0, 0.1) is 13.8 Å². The van der Waals surface area contributed by atoms with Crippen molar-refractivity contribution in [2.45, 2.75) is 26.4 Å². The number of aryl methyl sites for hydroxylation is 2. The Morgan fingerprint density at radius 2 is 1.94 bits per heavy atom. The van der Waals surface area contributed by atoms with Crippen molar-refractivity contribution < 1.29 is 14.6 Å². The molecule has 0 aromatic heterocycles. The molecular formula is C12H17NO3. The summed E-state index contributed by atoms with van der Waals surface area (Å²) in [6.07, 6.45) is -0.873. The quantitative estimate of drug-likeness (QED) is 0.591. The second-order valence-corrected chi connectivity index (χ2v) is 3.89. The Kier molecular flexibility index (Phi) is 3.90. The molecule has 0 aliphatic rings. The van der Waals surface area contributed by atoms with Crippen molar-refractivity contribution in [3.05, 3.63) is 28.8 Å². The molecule has 1 aromatic carbocycles. The predicted octanol–water partition coefficient (Wildman–Crippen LogP) is 0.962. The number of rotatable bonds is 3. The lowest BCUT2D eigenvalue weighted by Crippen LogP contribution is -2.24. The van der Waals surface area contributed by atoms with Crippen LogP contribution in [-0.4, -0.2) is 24.3 Å². The number of aliphatic hydroxyl groups excluding tert-OH is 1. The summed E-state index contributed by atoms with van der Waals surface area (Å²) in [4.78, 5) is 11.1. The van der Waals surface area contributed by atoms with E-state index in [1.807, 2.05) is 26.0 Å². The van der Waals surface area contributed by atoms with E-state index in [1.54, 1.807) is 0 Å².